The number of halogens is 1. The van der Waals surface area contributed by atoms with Crippen molar-refractivity contribution in [3.63, 3.8) is 0 Å². The SMILES string of the molecule is CCOc1cc(C(=O)O)cc(Cl)c1OCCOc1ccc(CC)cc1. The first-order valence-corrected chi connectivity index (χ1v) is 8.47. The van der Waals surface area contributed by atoms with Crippen LogP contribution in [0, 0.1) is 0 Å². The third-order valence-corrected chi connectivity index (χ3v) is 3.77. The summed E-state index contributed by atoms with van der Waals surface area (Å²) >= 11 is 6.13. The normalized spacial score (nSPS) is 10.4. The lowest BCUT2D eigenvalue weighted by Crippen LogP contribution is -2.11. The van der Waals surface area contributed by atoms with Gasteiger partial charge in [0.25, 0.3) is 0 Å². The topological polar surface area (TPSA) is 65.0 Å². The van der Waals surface area contributed by atoms with Gasteiger partial charge in [0.2, 0.25) is 0 Å². The summed E-state index contributed by atoms with van der Waals surface area (Å²) in [4.78, 5) is 11.1. The van der Waals surface area contributed by atoms with Crippen molar-refractivity contribution in [2.75, 3.05) is 19.8 Å². The maximum absolute atomic E-state index is 11.1. The highest BCUT2D eigenvalue weighted by Crippen LogP contribution is 2.36. The molecule has 2 rings (SSSR count). The Morgan fingerprint density at radius 1 is 1.04 bits per heavy atom. The molecular weight excluding hydrogens is 344 g/mol. The molecule has 2 aromatic carbocycles. The smallest absolute Gasteiger partial charge is 0.335 e. The second-order valence-corrected chi connectivity index (χ2v) is 5.63. The molecule has 134 valence electrons. The van der Waals surface area contributed by atoms with Crippen molar-refractivity contribution >= 4 is 17.6 Å². The monoisotopic (exact) mass is 364 g/mol. The van der Waals surface area contributed by atoms with Gasteiger partial charge >= 0.3 is 5.97 Å². The molecule has 0 amide bonds. The third-order valence-electron chi connectivity index (χ3n) is 3.49. The molecule has 0 aromatic heterocycles. The number of benzene rings is 2. The van der Waals surface area contributed by atoms with Gasteiger partial charge in [-0.25, -0.2) is 4.79 Å². The number of rotatable bonds is 9. The van der Waals surface area contributed by atoms with Crippen LogP contribution in [0.5, 0.6) is 17.2 Å². The van der Waals surface area contributed by atoms with Gasteiger partial charge in [-0.3, -0.25) is 0 Å². The summed E-state index contributed by atoms with van der Waals surface area (Å²) in [6.45, 7) is 4.85. The van der Waals surface area contributed by atoms with Crippen molar-refractivity contribution in [2.24, 2.45) is 0 Å². The predicted octanol–water partition coefficient (Wildman–Crippen LogP) is 4.46. The van der Waals surface area contributed by atoms with E-state index in [1.807, 2.05) is 24.3 Å². The van der Waals surface area contributed by atoms with Crippen LogP contribution in [0.3, 0.4) is 0 Å². The minimum absolute atomic E-state index is 0.0491. The van der Waals surface area contributed by atoms with Gasteiger partial charge in [0.15, 0.2) is 11.5 Å². The summed E-state index contributed by atoms with van der Waals surface area (Å²) in [5.74, 6) is 0.310. The predicted molar refractivity (Wildman–Crippen MR) is 96.4 cm³/mol. The van der Waals surface area contributed by atoms with E-state index in [0.29, 0.717) is 24.7 Å². The molecule has 0 heterocycles. The summed E-state index contributed by atoms with van der Waals surface area (Å²) in [6, 6.07) is 10.6. The highest BCUT2D eigenvalue weighted by molar-refractivity contribution is 6.32. The van der Waals surface area contributed by atoms with Crippen molar-refractivity contribution in [3.8, 4) is 17.2 Å². The van der Waals surface area contributed by atoms with E-state index >= 15 is 0 Å². The summed E-state index contributed by atoms with van der Waals surface area (Å²) in [6.07, 6.45) is 0.981. The molecule has 0 aliphatic carbocycles. The molecule has 1 N–H and O–H groups in total. The average molecular weight is 365 g/mol. The highest BCUT2D eigenvalue weighted by atomic mass is 35.5. The first-order chi connectivity index (χ1) is 12.0. The molecule has 0 saturated carbocycles. The van der Waals surface area contributed by atoms with Gasteiger partial charge in [-0.15, -0.1) is 0 Å². The van der Waals surface area contributed by atoms with Gasteiger partial charge in [-0.05, 0) is 43.2 Å². The van der Waals surface area contributed by atoms with Crippen molar-refractivity contribution in [1.29, 1.82) is 0 Å². The number of carboxylic acids is 1. The molecule has 0 saturated heterocycles. The Hall–Kier alpha value is -2.40. The van der Waals surface area contributed by atoms with E-state index < -0.39 is 5.97 Å². The average Bonchev–Trinajstić information content (AvgIpc) is 2.60. The molecule has 0 unspecified atom stereocenters. The lowest BCUT2D eigenvalue weighted by Gasteiger charge is -2.14. The molecule has 0 radical (unpaired) electrons. The van der Waals surface area contributed by atoms with Crippen LogP contribution in [0.2, 0.25) is 5.02 Å². The Balaban J connectivity index is 1.98. The van der Waals surface area contributed by atoms with E-state index in [1.165, 1.54) is 17.7 Å². The zero-order chi connectivity index (χ0) is 18.2. The van der Waals surface area contributed by atoms with Gasteiger partial charge in [0.1, 0.15) is 19.0 Å². The molecular formula is C19H21ClO5. The fraction of sp³-hybridized carbons (Fsp3) is 0.316. The molecule has 0 bridgehead atoms. The minimum atomic E-state index is -1.08. The molecule has 2 aromatic rings. The maximum atomic E-state index is 11.1. The Labute approximate surface area is 152 Å². The van der Waals surface area contributed by atoms with Crippen molar-refractivity contribution in [1.82, 2.24) is 0 Å². The first-order valence-electron chi connectivity index (χ1n) is 8.09. The van der Waals surface area contributed by atoms with Gasteiger partial charge in [-0.1, -0.05) is 30.7 Å². The summed E-state index contributed by atoms with van der Waals surface area (Å²) < 4.78 is 16.7. The van der Waals surface area contributed by atoms with Crippen LogP contribution in [0.15, 0.2) is 36.4 Å². The van der Waals surface area contributed by atoms with E-state index in [1.54, 1.807) is 6.92 Å². The van der Waals surface area contributed by atoms with E-state index in [4.69, 9.17) is 30.9 Å². The van der Waals surface area contributed by atoms with E-state index in [9.17, 15) is 4.79 Å². The Morgan fingerprint density at radius 2 is 1.72 bits per heavy atom. The first kappa shape index (κ1) is 18.9. The van der Waals surface area contributed by atoms with Gasteiger partial charge in [-0.2, -0.15) is 0 Å². The minimum Gasteiger partial charge on any atom is -0.490 e. The number of carbonyl (C=O) groups is 1. The Morgan fingerprint density at radius 3 is 2.32 bits per heavy atom. The number of aromatic carboxylic acids is 1. The molecule has 0 fully saturated rings. The molecule has 25 heavy (non-hydrogen) atoms. The highest BCUT2D eigenvalue weighted by Gasteiger charge is 2.15. The van der Waals surface area contributed by atoms with Crippen LogP contribution < -0.4 is 14.2 Å². The third kappa shape index (κ3) is 5.29. The molecule has 0 aliphatic rings. The van der Waals surface area contributed by atoms with Crippen LogP contribution in [0.25, 0.3) is 0 Å². The van der Waals surface area contributed by atoms with Gasteiger partial charge in [0, 0.05) is 0 Å². The van der Waals surface area contributed by atoms with Crippen LogP contribution in [-0.2, 0) is 6.42 Å². The van der Waals surface area contributed by atoms with Crippen LogP contribution >= 0.6 is 11.6 Å². The zero-order valence-corrected chi connectivity index (χ0v) is 15.0. The van der Waals surface area contributed by atoms with Gasteiger partial charge < -0.3 is 19.3 Å². The Kier molecular flexibility index (Phi) is 6.95. The molecule has 0 aliphatic heterocycles. The molecule has 5 nitrogen and oxygen atoms in total. The van der Waals surface area contributed by atoms with Crippen molar-refractivity contribution < 1.29 is 24.1 Å². The molecule has 0 atom stereocenters. The molecule has 6 heteroatoms. The summed E-state index contributed by atoms with van der Waals surface area (Å²) in [5.41, 5.74) is 1.29. The fourth-order valence-electron chi connectivity index (χ4n) is 2.22. The number of hydrogen-bond donors (Lipinski definition) is 1. The van der Waals surface area contributed by atoms with Gasteiger partial charge in [0.05, 0.1) is 17.2 Å². The lowest BCUT2D eigenvalue weighted by atomic mass is 10.2. The zero-order valence-electron chi connectivity index (χ0n) is 14.3. The van der Waals surface area contributed by atoms with Crippen LogP contribution in [-0.4, -0.2) is 30.9 Å². The van der Waals surface area contributed by atoms with Crippen molar-refractivity contribution in [3.05, 3.63) is 52.5 Å². The molecule has 0 spiro atoms. The summed E-state index contributed by atoms with van der Waals surface area (Å²) in [7, 11) is 0. The van der Waals surface area contributed by atoms with E-state index in [2.05, 4.69) is 6.92 Å². The summed E-state index contributed by atoms with van der Waals surface area (Å²) in [5, 5.41) is 9.29. The Bertz CT molecular complexity index is 712. The lowest BCUT2D eigenvalue weighted by molar-refractivity contribution is 0.0696. The standard InChI is InChI=1S/C19H21ClO5/c1-3-13-5-7-15(8-6-13)24-9-10-25-18-16(20)11-14(19(21)22)12-17(18)23-4-2/h5-8,11-12H,3-4,9-10H2,1-2H3,(H,21,22). The van der Waals surface area contributed by atoms with Crippen LogP contribution in [0.4, 0.5) is 0 Å². The van der Waals surface area contributed by atoms with E-state index in [-0.39, 0.29) is 17.2 Å². The number of aryl methyl sites for hydroxylation is 1. The van der Waals surface area contributed by atoms with Crippen LogP contribution in [0.1, 0.15) is 29.8 Å². The number of hydrogen-bond acceptors (Lipinski definition) is 4. The maximum Gasteiger partial charge on any atom is 0.335 e. The quantitative estimate of drug-likeness (QED) is 0.665. The van der Waals surface area contributed by atoms with E-state index in [0.717, 1.165) is 12.2 Å². The number of ether oxygens (including phenoxy) is 3. The second kappa shape index (κ2) is 9.18. The number of carboxylic acid groups (broad SMARTS) is 1. The second-order valence-electron chi connectivity index (χ2n) is 5.22. The largest absolute Gasteiger partial charge is 0.490 e. The van der Waals surface area contributed by atoms with Crippen molar-refractivity contribution in [2.45, 2.75) is 20.3 Å². The fourth-order valence-corrected chi connectivity index (χ4v) is 2.48.